The molecule has 3 atom stereocenters. The number of carbonyl (C=O) groups excluding carboxylic acids is 1. The summed E-state index contributed by atoms with van der Waals surface area (Å²) >= 11 is 3.37. The highest BCUT2D eigenvalue weighted by molar-refractivity contribution is 8.01. The Hall–Kier alpha value is -4.19. The molecule has 8 nitrogen and oxygen atoms in total. The third kappa shape index (κ3) is 6.35. The van der Waals surface area contributed by atoms with Crippen LogP contribution in [0.1, 0.15) is 46.0 Å². The number of hydrogen-bond donors (Lipinski definition) is 2. The molecule has 4 aromatic carbocycles. The van der Waals surface area contributed by atoms with Gasteiger partial charge in [-0.05, 0) is 47.5 Å². The van der Waals surface area contributed by atoms with Crippen molar-refractivity contribution in [2.24, 2.45) is 0 Å². The molecule has 1 amide bonds. The lowest BCUT2D eigenvalue weighted by Crippen LogP contribution is -2.31. The van der Waals surface area contributed by atoms with Crippen molar-refractivity contribution in [3.8, 4) is 0 Å². The van der Waals surface area contributed by atoms with Gasteiger partial charge >= 0.3 is 0 Å². The Morgan fingerprint density at radius 1 is 0.886 bits per heavy atom. The van der Waals surface area contributed by atoms with E-state index in [1.165, 1.54) is 6.20 Å². The van der Waals surface area contributed by atoms with Gasteiger partial charge in [-0.3, -0.25) is 9.78 Å². The largest absolute Gasteiger partial charge is 0.392 e. The monoisotopic (exact) mass is 620 g/mol. The summed E-state index contributed by atoms with van der Waals surface area (Å²) < 4.78 is 15.2. The van der Waals surface area contributed by atoms with Gasteiger partial charge in [0.05, 0.1) is 46.3 Å². The smallest absolute Gasteiger partial charge is 0.275 e. The lowest BCUT2D eigenvalue weighted by molar-refractivity contribution is -0.245. The normalized spacial score (nSPS) is 18.4. The molecule has 7 rings (SSSR count). The number of rotatable bonds is 8. The fraction of sp³-hybridized carbons (Fsp3) is 0.176. The van der Waals surface area contributed by atoms with Crippen LogP contribution in [0.2, 0.25) is 0 Å². The number of aliphatic hydroxyl groups is 1. The predicted molar refractivity (Wildman–Crippen MR) is 173 cm³/mol. The zero-order chi connectivity index (χ0) is 29.9. The minimum absolute atomic E-state index is 0.0116. The maximum atomic E-state index is 13.1. The van der Waals surface area contributed by atoms with Crippen molar-refractivity contribution in [3.63, 3.8) is 0 Å². The number of nitrogens with one attached hydrogen (secondary N) is 1. The van der Waals surface area contributed by atoms with Gasteiger partial charge in [-0.25, -0.2) is 9.97 Å². The summed E-state index contributed by atoms with van der Waals surface area (Å²) in [4.78, 5) is 26.7. The average molecular weight is 621 g/mol. The fourth-order valence-corrected chi connectivity index (χ4v) is 7.24. The summed E-state index contributed by atoms with van der Waals surface area (Å²) in [5, 5.41) is 12.5. The molecule has 0 radical (unpaired) electrons. The molecular formula is C34H28N4O4S2. The van der Waals surface area contributed by atoms with E-state index in [2.05, 4.69) is 21.4 Å². The minimum atomic E-state index is -0.649. The van der Waals surface area contributed by atoms with E-state index in [0.717, 1.165) is 36.8 Å². The molecule has 2 aromatic heterocycles. The summed E-state index contributed by atoms with van der Waals surface area (Å²) in [6.07, 6.45) is 1.18. The lowest BCUT2D eigenvalue weighted by Gasteiger charge is -2.36. The molecule has 1 fully saturated rings. The average Bonchev–Trinajstić information content (AvgIpc) is 3.50. The molecule has 44 heavy (non-hydrogen) atoms. The zero-order valence-electron chi connectivity index (χ0n) is 23.5. The van der Waals surface area contributed by atoms with E-state index in [-0.39, 0.29) is 30.4 Å². The number of amides is 1. The first-order valence-corrected chi connectivity index (χ1v) is 16.0. The van der Waals surface area contributed by atoms with E-state index < -0.39 is 6.29 Å². The van der Waals surface area contributed by atoms with Crippen molar-refractivity contribution in [2.75, 3.05) is 11.1 Å². The van der Waals surface area contributed by atoms with Crippen LogP contribution in [-0.2, 0) is 16.1 Å². The van der Waals surface area contributed by atoms with Gasteiger partial charge in [-0.2, -0.15) is 0 Å². The maximum Gasteiger partial charge on any atom is 0.275 e. The zero-order valence-corrected chi connectivity index (χ0v) is 25.1. The van der Waals surface area contributed by atoms with Crippen LogP contribution < -0.4 is 5.32 Å². The van der Waals surface area contributed by atoms with Gasteiger partial charge in [0.15, 0.2) is 10.6 Å². The highest BCUT2D eigenvalue weighted by atomic mass is 32.2. The number of fused-ring (bicyclic) bond motifs is 2. The number of anilines is 1. The second-order valence-electron chi connectivity index (χ2n) is 10.4. The number of benzene rings is 4. The van der Waals surface area contributed by atoms with Crippen LogP contribution in [0.25, 0.3) is 21.3 Å². The fourth-order valence-electron chi connectivity index (χ4n) is 5.12. The first kappa shape index (κ1) is 28.6. The molecule has 2 N–H and O–H groups in total. The van der Waals surface area contributed by atoms with Gasteiger partial charge in [0, 0.05) is 23.4 Å². The van der Waals surface area contributed by atoms with E-state index in [4.69, 9.17) is 14.5 Å². The van der Waals surface area contributed by atoms with Gasteiger partial charge in [-0.1, -0.05) is 72.4 Å². The summed E-state index contributed by atoms with van der Waals surface area (Å²) in [5.41, 5.74) is 5.88. The SMILES string of the molecule is O=C(Nc1cccc([C@H]2O[C@@H](CSc3nc4ccccc4s3)C[C@@H](c3ccc(CO)cc3)O2)c1)c1cnc2ccccc2n1. The van der Waals surface area contributed by atoms with E-state index in [1.54, 1.807) is 23.1 Å². The topological polar surface area (TPSA) is 106 Å². The molecule has 1 aliphatic heterocycles. The van der Waals surface area contributed by atoms with Crippen molar-refractivity contribution in [1.29, 1.82) is 0 Å². The molecule has 6 aromatic rings. The van der Waals surface area contributed by atoms with Crippen LogP contribution in [0.5, 0.6) is 0 Å². The quantitative estimate of drug-likeness (QED) is 0.171. The number of hydrogen-bond acceptors (Lipinski definition) is 9. The van der Waals surface area contributed by atoms with Crippen LogP contribution in [0, 0.1) is 0 Å². The molecule has 220 valence electrons. The molecular weight excluding hydrogens is 593 g/mol. The molecule has 0 spiro atoms. The molecule has 3 heterocycles. The number of para-hydroxylation sites is 3. The van der Waals surface area contributed by atoms with Crippen LogP contribution >= 0.6 is 23.1 Å². The molecule has 10 heteroatoms. The second kappa shape index (κ2) is 12.8. The predicted octanol–water partition coefficient (Wildman–Crippen LogP) is 7.32. The molecule has 1 saturated heterocycles. The van der Waals surface area contributed by atoms with Crippen LogP contribution in [0.3, 0.4) is 0 Å². The Morgan fingerprint density at radius 2 is 1.68 bits per heavy atom. The maximum absolute atomic E-state index is 13.1. The van der Waals surface area contributed by atoms with Crippen molar-refractivity contribution >= 4 is 55.9 Å². The number of ether oxygens (including phenoxy) is 2. The van der Waals surface area contributed by atoms with Gasteiger partial charge in [-0.15, -0.1) is 11.3 Å². The van der Waals surface area contributed by atoms with Crippen molar-refractivity contribution in [3.05, 3.63) is 126 Å². The van der Waals surface area contributed by atoms with Crippen LogP contribution in [0.4, 0.5) is 5.69 Å². The minimum Gasteiger partial charge on any atom is -0.392 e. The van der Waals surface area contributed by atoms with E-state index >= 15 is 0 Å². The second-order valence-corrected chi connectivity index (χ2v) is 12.7. The van der Waals surface area contributed by atoms with E-state index in [0.29, 0.717) is 23.4 Å². The number of thiazole rings is 1. The molecule has 0 aliphatic carbocycles. The summed E-state index contributed by atoms with van der Waals surface area (Å²) in [6, 6.07) is 30.9. The Morgan fingerprint density at radius 3 is 2.50 bits per heavy atom. The number of aliphatic hydroxyl groups excluding tert-OH is 1. The lowest BCUT2D eigenvalue weighted by atomic mass is 10.0. The van der Waals surface area contributed by atoms with Gasteiger partial charge < -0.3 is 19.9 Å². The third-order valence-corrected chi connectivity index (χ3v) is 9.69. The van der Waals surface area contributed by atoms with Crippen LogP contribution in [-0.4, -0.2) is 37.8 Å². The number of carbonyl (C=O) groups is 1. The molecule has 1 aliphatic rings. The summed E-state index contributed by atoms with van der Waals surface area (Å²) in [6.45, 7) is -0.0116. The summed E-state index contributed by atoms with van der Waals surface area (Å²) in [7, 11) is 0. The first-order valence-electron chi connectivity index (χ1n) is 14.2. The standard InChI is InChI=1S/C34H28N4O4S2/c39-19-21-12-14-22(15-13-21)30-17-25(20-43-34-38-28-10-3-4-11-31(28)44-34)41-33(42-30)23-6-5-7-24(16-23)36-32(40)29-18-35-26-8-1-2-9-27(26)37-29/h1-16,18,25,30,33,39H,17,19-20H2,(H,36,40)/t25-,30+,33+/m1/s1. The Kier molecular flexibility index (Phi) is 8.32. The summed E-state index contributed by atoms with van der Waals surface area (Å²) in [5.74, 6) is 0.361. The Labute approximate surface area is 262 Å². The van der Waals surface area contributed by atoms with Gasteiger partial charge in [0.1, 0.15) is 5.69 Å². The Balaban J connectivity index is 1.10. The third-order valence-electron chi connectivity index (χ3n) is 7.38. The van der Waals surface area contributed by atoms with Crippen molar-refractivity contribution in [1.82, 2.24) is 15.0 Å². The molecule has 0 saturated carbocycles. The number of thioether (sulfide) groups is 1. The van der Waals surface area contributed by atoms with Crippen LogP contribution in [0.15, 0.2) is 108 Å². The highest BCUT2D eigenvalue weighted by Gasteiger charge is 2.32. The van der Waals surface area contributed by atoms with E-state index in [1.807, 2.05) is 91.0 Å². The molecule has 0 unspecified atom stereocenters. The number of aromatic nitrogens is 3. The molecule has 0 bridgehead atoms. The number of nitrogens with zero attached hydrogens (tertiary/aromatic N) is 3. The van der Waals surface area contributed by atoms with Gasteiger partial charge in [0.25, 0.3) is 5.91 Å². The van der Waals surface area contributed by atoms with Crippen molar-refractivity contribution < 1.29 is 19.4 Å². The van der Waals surface area contributed by atoms with Crippen molar-refractivity contribution in [2.45, 2.75) is 35.9 Å². The van der Waals surface area contributed by atoms with E-state index in [9.17, 15) is 9.90 Å². The Bertz CT molecular complexity index is 1900. The van der Waals surface area contributed by atoms with Gasteiger partial charge in [0.2, 0.25) is 0 Å². The first-order chi connectivity index (χ1) is 21.6. The highest BCUT2D eigenvalue weighted by Crippen LogP contribution is 2.40.